The molecule has 0 aromatic heterocycles. The van der Waals surface area contributed by atoms with Crippen LogP contribution >= 0.6 is 0 Å². The number of primary amides is 1. The van der Waals surface area contributed by atoms with Crippen LogP contribution in [0.2, 0.25) is 0 Å². The van der Waals surface area contributed by atoms with E-state index in [1.165, 1.54) is 0 Å². The number of nitrogens with two attached hydrogens (primary N) is 1. The molecule has 2 aromatic rings. The lowest BCUT2D eigenvalue weighted by Gasteiger charge is -2.29. The predicted molar refractivity (Wildman–Crippen MR) is 149 cm³/mol. The van der Waals surface area contributed by atoms with Crippen molar-refractivity contribution in [2.45, 2.75) is 59.5 Å². The second-order valence-electron chi connectivity index (χ2n) is 12.0. The topological polar surface area (TPSA) is 81.9 Å². The van der Waals surface area contributed by atoms with Gasteiger partial charge in [-0.05, 0) is 40.5 Å². The molecule has 1 fully saturated rings. The van der Waals surface area contributed by atoms with E-state index in [9.17, 15) is 9.59 Å². The second kappa shape index (κ2) is 11.5. The van der Waals surface area contributed by atoms with Crippen LogP contribution in [0.3, 0.4) is 0 Å². The third-order valence-electron chi connectivity index (χ3n) is 6.91. The number of likely N-dealkylation sites (tertiary alicyclic amines) is 1. The van der Waals surface area contributed by atoms with Crippen LogP contribution in [0.5, 0.6) is 0 Å². The Balaban J connectivity index is 1.75. The minimum atomic E-state index is -0.747. The number of hydrogen-bond acceptors (Lipinski definition) is 4. The van der Waals surface area contributed by atoms with Gasteiger partial charge in [0, 0.05) is 25.5 Å². The van der Waals surface area contributed by atoms with Crippen molar-refractivity contribution in [1.29, 1.82) is 0 Å². The van der Waals surface area contributed by atoms with Crippen LogP contribution in [0.25, 0.3) is 17.2 Å². The molecule has 2 amide bonds. The summed E-state index contributed by atoms with van der Waals surface area (Å²) in [5.74, 6) is 0.188. The molecule has 6 nitrogen and oxygen atoms in total. The summed E-state index contributed by atoms with van der Waals surface area (Å²) in [4.78, 5) is 25.7. The average Bonchev–Trinajstić information content (AvgIpc) is 3.29. The van der Waals surface area contributed by atoms with Gasteiger partial charge in [-0.1, -0.05) is 95.3 Å². The van der Waals surface area contributed by atoms with E-state index in [4.69, 9.17) is 15.2 Å². The summed E-state index contributed by atoms with van der Waals surface area (Å²) in [6, 6.07) is 16.8. The van der Waals surface area contributed by atoms with E-state index >= 15 is 0 Å². The highest BCUT2D eigenvalue weighted by atomic mass is 16.5. The maximum Gasteiger partial charge on any atom is 0.404 e. The average molecular weight is 507 g/mol. The standard InChI is InChI=1S/C31H42N2O4/c1-29(2,3)20-27(34)33-19-18-31(21-33,36-6)25-15-13-24(14-16-25)26-12-8-7-10-23(26)11-9-17-30(4,5)22-37-28(32)35/h7-16H,17-22H2,1-6H3,(H2,32,35)/b11-9+/t31-/m0/s1. The Morgan fingerprint density at radius 2 is 1.73 bits per heavy atom. The summed E-state index contributed by atoms with van der Waals surface area (Å²) in [6.45, 7) is 11.9. The Hall–Kier alpha value is -3.12. The van der Waals surface area contributed by atoms with Gasteiger partial charge in [0.1, 0.15) is 5.60 Å². The van der Waals surface area contributed by atoms with E-state index in [-0.39, 0.29) is 23.3 Å². The van der Waals surface area contributed by atoms with Crippen LogP contribution in [0.15, 0.2) is 54.6 Å². The van der Waals surface area contributed by atoms with E-state index in [1.807, 2.05) is 30.9 Å². The maximum atomic E-state index is 12.8. The SMILES string of the molecule is CO[C@@]1(c2ccc(-c3ccccc3/C=C/CC(C)(C)COC(N)=O)cc2)CCN(C(=O)CC(C)(C)C)C1. The largest absolute Gasteiger partial charge is 0.449 e. The zero-order valence-electron chi connectivity index (χ0n) is 23.2. The summed E-state index contributed by atoms with van der Waals surface area (Å²) in [7, 11) is 1.74. The monoisotopic (exact) mass is 506 g/mol. The number of hydrogen-bond donors (Lipinski definition) is 1. The second-order valence-corrected chi connectivity index (χ2v) is 12.0. The molecule has 0 aliphatic carbocycles. The molecule has 1 aliphatic rings. The molecular formula is C31H42N2O4. The van der Waals surface area contributed by atoms with Gasteiger partial charge in [-0.25, -0.2) is 4.79 Å². The molecule has 6 heteroatoms. The molecule has 2 aromatic carbocycles. The molecular weight excluding hydrogens is 464 g/mol. The number of rotatable bonds is 9. The summed E-state index contributed by atoms with van der Waals surface area (Å²) >= 11 is 0. The first-order chi connectivity index (χ1) is 17.3. The summed E-state index contributed by atoms with van der Waals surface area (Å²) in [5.41, 5.74) is 8.84. The molecule has 1 heterocycles. The molecule has 0 bridgehead atoms. The highest BCUT2D eigenvalue weighted by Crippen LogP contribution is 2.38. The molecule has 37 heavy (non-hydrogen) atoms. The van der Waals surface area contributed by atoms with Crippen LogP contribution in [0.1, 0.15) is 65.0 Å². The Kier molecular flexibility index (Phi) is 8.85. The lowest BCUT2D eigenvalue weighted by atomic mass is 9.89. The smallest absolute Gasteiger partial charge is 0.404 e. The Morgan fingerprint density at radius 1 is 1.05 bits per heavy atom. The highest BCUT2D eigenvalue weighted by Gasteiger charge is 2.42. The third-order valence-corrected chi connectivity index (χ3v) is 6.91. The number of carbonyl (C=O) groups excluding carboxylic acids is 2. The van der Waals surface area contributed by atoms with Crippen molar-refractivity contribution in [3.63, 3.8) is 0 Å². The number of benzene rings is 2. The van der Waals surface area contributed by atoms with Crippen molar-refractivity contribution in [2.24, 2.45) is 16.6 Å². The number of nitrogens with zero attached hydrogens (tertiary/aromatic N) is 1. The third kappa shape index (κ3) is 7.68. The van der Waals surface area contributed by atoms with Crippen LogP contribution < -0.4 is 5.73 Å². The lowest BCUT2D eigenvalue weighted by Crippen LogP contribution is -2.37. The van der Waals surface area contributed by atoms with Crippen molar-refractivity contribution in [3.8, 4) is 11.1 Å². The van der Waals surface area contributed by atoms with Crippen LogP contribution in [0, 0.1) is 10.8 Å². The van der Waals surface area contributed by atoms with Gasteiger partial charge in [0.25, 0.3) is 0 Å². The Labute approximate surface area is 221 Å². The molecule has 0 saturated carbocycles. The lowest BCUT2D eigenvalue weighted by molar-refractivity contribution is -0.133. The van der Waals surface area contributed by atoms with E-state index < -0.39 is 11.7 Å². The van der Waals surface area contributed by atoms with Gasteiger partial charge in [0.05, 0.1) is 13.2 Å². The predicted octanol–water partition coefficient (Wildman–Crippen LogP) is 6.39. The van der Waals surface area contributed by atoms with Crippen molar-refractivity contribution in [3.05, 3.63) is 65.7 Å². The first-order valence-electron chi connectivity index (χ1n) is 13.0. The first-order valence-corrected chi connectivity index (χ1v) is 13.0. The van der Waals surface area contributed by atoms with E-state index in [0.717, 1.165) is 35.1 Å². The van der Waals surface area contributed by atoms with Crippen LogP contribution in [-0.4, -0.2) is 43.7 Å². The zero-order chi connectivity index (χ0) is 27.3. The fourth-order valence-corrected chi connectivity index (χ4v) is 4.77. The molecule has 0 spiro atoms. The van der Waals surface area contributed by atoms with E-state index in [2.05, 4.69) is 69.3 Å². The maximum absolute atomic E-state index is 12.8. The Morgan fingerprint density at radius 3 is 2.35 bits per heavy atom. The summed E-state index contributed by atoms with van der Waals surface area (Å²) < 4.78 is 11.0. The minimum absolute atomic E-state index is 0.0358. The number of amides is 2. The highest BCUT2D eigenvalue weighted by molar-refractivity contribution is 5.78. The molecule has 0 unspecified atom stereocenters. The van der Waals surface area contributed by atoms with E-state index in [1.54, 1.807) is 7.11 Å². The van der Waals surface area contributed by atoms with Gasteiger partial charge >= 0.3 is 6.09 Å². The van der Waals surface area contributed by atoms with Crippen LogP contribution in [0.4, 0.5) is 4.79 Å². The van der Waals surface area contributed by atoms with Gasteiger partial charge in [-0.15, -0.1) is 0 Å². The van der Waals surface area contributed by atoms with Crippen molar-refractivity contribution in [2.75, 3.05) is 26.8 Å². The zero-order valence-corrected chi connectivity index (χ0v) is 23.2. The molecule has 0 radical (unpaired) electrons. The van der Waals surface area contributed by atoms with Gasteiger partial charge in [0.2, 0.25) is 5.91 Å². The van der Waals surface area contributed by atoms with Gasteiger partial charge in [0.15, 0.2) is 0 Å². The normalized spacial score (nSPS) is 18.4. The quantitative estimate of drug-likeness (QED) is 0.427. The minimum Gasteiger partial charge on any atom is -0.449 e. The number of methoxy groups -OCH3 is 1. The van der Waals surface area contributed by atoms with Gasteiger partial charge in [-0.2, -0.15) is 0 Å². The first kappa shape index (κ1) is 28.5. The summed E-state index contributed by atoms with van der Waals surface area (Å²) in [6.07, 6.45) is 5.54. The fraction of sp³-hybridized carbons (Fsp3) is 0.484. The molecule has 1 atom stereocenters. The number of carbonyl (C=O) groups is 2. The van der Waals surface area contributed by atoms with Crippen molar-refractivity contribution < 1.29 is 19.1 Å². The molecule has 200 valence electrons. The number of allylic oxidation sites excluding steroid dienone is 1. The number of ether oxygens (including phenoxy) is 2. The van der Waals surface area contributed by atoms with Crippen LogP contribution in [-0.2, 0) is 19.9 Å². The molecule has 2 N–H and O–H groups in total. The molecule has 3 rings (SSSR count). The molecule has 1 aliphatic heterocycles. The van der Waals surface area contributed by atoms with Crippen molar-refractivity contribution in [1.82, 2.24) is 4.90 Å². The summed E-state index contributed by atoms with van der Waals surface area (Å²) in [5, 5.41) is 0. The Bertz CT molecular complexity index is 1110. The van der Waals surface area contributed by atoms with Gasteiger partial charge in [-0.3, -0.25) is 4.79 Å². The van der Waals surface area contributed by atoms with E-state index in [0.29, 0.717) is 19.5 Å². The van der Waals surface area contributed by atoms with Gasteiger partial charge < -0.3 is 20.1 Å². The van der Waals surface area contributed by atoms with Crippen molar-refractivity contribution >= 4 is 18.1 Å². The fourth-order valence-electron chi connectivity index (χ4n) is 4.77. The molecule has 1 saturated heterocycles.